The minimum Gasteiger partial charge on any atom is -0.508 e. The van der Waals surface area contributed by atoms with Gasteiger partial charge in [-0.2, -0.15) is 0 Å². The van der Waals surface area contributed by atoms with E-state index in [2.05, 4.69) is 5.43 Å². The molecular formula is C16H10Cl2N2O3. The fourth-order valence-corrected chi connectivity index (χ4v) is 2.39. The van der Waals surface area contributed by atoms with Crippen molar-refractivity contribution in [2.24, 2.45) is 0 Å². The van der Waals surface area contributed by atoms with E-state index in [9.17, 15) is 14.7 Å². The van der Waals surface area contributed by atoms with Crippen LogP contribution in [-0.4, -0.2) is 16.9 Å². The van der Waals surface area contributed by atoms with Crippen LogP contribution < -0.4 is 10.4 Å². The second kappa shape index (κ2) is 5.95. The second-order valence-electron chi connectivity index (χ2n) is 4.83. The summed E-state index contributed by atoms with van der Waals surface area (Å²) in [5, 5.41) is 11.0. The Labute approximate surface area is 141 Å². The van der Waals surface area contributed by atoms with Crippen LogP contribution >= 0.6 is 23.2 Å². The zero-order chi connectivity index (χ0) is 16.6. The van der Waals surface area contributed by atoms with Gasteiger partial charge in [0.2, 0.25) is 0 Å². The molecule has 2 aromatic carbocycles. The van der Waals surface area contributed by atoms with E-state index in [1.165, 1.54) is 24.3 Å². The molecule has 0 radical (unpaired) electrons. The monoisotopic (exact) mass is 348 g/mol. The van der Waals surface area contributed by atoms with Crippen molar-refractivity contribution in [1.29, 1.82) is 0 Å². The number of halogens is 2. The molecule has 0 spiro atoms. The summed E-state index contributed by atoms with van der Waals surface area (Å²) in [6.07, 6.45) is 1.45. The van der Waals surface area contributed by atoms with E-state index in [1.807, 2.05) is 0 Å². The SMILES string of the molecule is O=C1NN(c2ccc(Cl)c(Cl)c2)C(=O)/C1=C\c1ccc(O)cc1. The quantitative estimate of drug-likeness (QED) is 0.646. The van der Waals surface area contributed by atoms with Gasteiger partial charge in [-0.05, 0) is 42.0 Å². The van der Waals surface area contributed by atoms with Crippen molar-refractivity contribution < 1.29 is 14.7 Å². The van der Waals surface area contributed by atoms with Gasteiger partial charge in [-0.1, -0.05) is 35.3 Å². The van der Waals surface area contributed by atoms with Crippen LogP contribution in [-0.2, 0) is 9.59 Å². The Morgan fingerprint density at radius 3 is 2.35 bits per heavy atom. The number of amides is 2. The zero-order valence-corrected chi connectivity index (χ0v) is 13.1. The lowest BCUT2D eigenvalue weighted by molar-refractivity contribution is -0.117. The lowest BCUT2D eigenvalue weighted by Crippen LogP contribution is -2.35. The summed E-state index contributed by atoms with van der Waals surface area (Å²) in [5.74, 6) is -0.914. The Morgan fingerprint density at radius 2 is 1.70 bits per heavy atom. The van der Waals surface area contributed by atoms with Crippen LogP contribution in [0.15, 0.2) is 48.0 Å². The molecule has 1 heterocycles. The third kappa shape index (κ3) is 3.02. The molecule has 0 unspecified atom stereocenters. The molecule has 1 aliphatic heterocycles. The molecule has 116 valence electrons. The smallest absolute Gasteiger partial charge is 0.282 e. The van der Waals surface area contributed by atoms with Gasteiger partial charge in [0, 0.05) is 0 Å². The van der Waals surface area contributed by atoms with Crippen molar-refractivity contribution in [1.82, 2.24) is 5.43 Å². The molecule has 0 bridgehead atoms. The summed E-state index contributed by atoms with van der Waals surface area (Å²) in [7, 11) is 0. The van der Waals surface area contributed by atoms with E-state index in [4.69, 9.17) is 23.2 Å². The van der Waals surface area contributed by atoms with Gasteiger partial charge in [0.15, 0.2) is 0 Å². The molecular weight excluding hydrogens is 339 g/mol. The van der Waals surface area contributed by atoms with Crippen molar-refractivity contribution in [2.75, 3.05) is 5.01 Å². The average molecular weight is 349 g/mol. The zero-order valence-electron chi connectivity index (χ0n) is 11.6. The lowest BCUT2D eigenvalue weighted by Gasteiger charge is -2.15. The van der Waals surface area contributed by atoms with Crippen molar-refractivity contribution in [3.05, 3.63) is 63.6 Å². The third-order valence-electron chi connectivity index (χ3n) is 3.26. The highest BCUT2D eigenvalue weighted by molar-refractivity contribution is 6.42. The summed E-state index contributed by atoms with van der Waals surface area (Å²) in [6, 6.07) is 10.8. The second-order valence-corrected chi connectivity index (χ2v) is 5.64. The van der Waals surface area contributed by atoms with Gasteiger partial charge in [-0.15, -0.1) is 0 Å². The molecule has 2 aromatic rings. The average Bonchev–Trinajstić information content (AvgIpc) is 2.80. The minimum atomic E-state index is -0.519. The number of carbonyl (C=O) groups is 2. The number of phenols is 1. The van der Waals surface area contributed by atoms with Crippen LogP contribution in [0.3, 0.4) is 0 Å². The number of phenolic OH excluding ortho intramolecular Hbond substituents is 1. The molecule has 23 heavy (non-hydrogen) atoms. The Morgan fingerprint density at radius 1 is 1.00 bits per heavy atom. The van der Waals surface area contributed by atoms with Crippen LogP contribution in [0.2, 0.25) is 10.0 Å². The maximum atomic E-state index is 12.4. The predicted molar refractivity (Wildman–Crippen MR) is 88.2 cm³/mol. The first-order valence-electron chi connectivity index (χ1n) is 6.57. The normalized spacial score (nSPS) is 16.1. The maximum absolute atomic E-state index is 12.4. The Hall–Kier alpha value is -2.50. The number of hydrogen-bond donors (Lipinski definition) is 2. The molecule has 2 amide bonds. The molecule has 7 heteroatoms. The fraction of sp³-hybridized carbons (Fsp3) is 0. The van der Waals surface area contributed by atoms with Gasteiger partial charge in [0.05, 0.1) is 15.7 Å². The molecule has 5 nitrogen and oxygen atoms in total. The van der Waals surface area contributed by atoms with Crippen LogP contribution in [0.25, 0.3) is 6.08 Å². The van der Waals surface area contributed by atoms with Gasteiger partial charge in [0.25, 0.3) is 11.8 Å². The van der Waals surface area contributed by atoms with E-state index < -0.39 is 11.8 Å². The molecule has 0 aromatic heterocycles. The number of hydrogen-bond acceptors (Lipinski definition) is 3. The van der Waals surface area contributed by atoms with Crippen molar-refractivity contribution >= 4 is 46.8 Å². The van der Waals surface area contributed by atoms with Crippen molar-refractivity contribution in [2.45, 2.75) is 0 Å². The summed E-state index contributed by atoms with van der Waals surface area (Å²) in [6.45, 7) is 0. The molecule has 2 N–H and O–H groups in total. The van der Waals surface area contributed by atoms with Gasteiger partial charge < -0.3 is 5.11 Å². The number of rotatable bonds is 2. The largest absolute Gasteiger partial charge is 0.508 e. The number of hydrazine groups is 1. The van der Waals surface area contributed by atoms with Crippen LogP contribution in [0, 0.1) is 0 Å². The fourth-order valence-electron chi connectivity index (χ4n) is 2.10. The summed E-state index contributed by atoms with van der Waals surface area (Å²) in [4.78, 5) is 24.5. The maximum Gasteiger partial charge on any atom is 0.282 e. The van der Waals surface area contributed by atoms with Gasteiger partial charge in [-0.25, -0.2) is 5.01 Å². The summed E-state index contributed by atoms with van der Waals surface area (Å²) < 4.78 is 0. The summed E-state index contributed by atoms with van der Waals surface area (Å²) >= 11 is 11.8. The molecule has 0 atom stereocenters. The Kier molecular flexibility index (Phi) is 3.98. The van der Waals surface area contributed by atoms with Gasteiger partial charge >= 0.3 is 0 Å². The first kappa shape index (κ1) is 15.4. The van der Waals surface area contributed by atoms with E-state index >= 15 is 0 Å². The Bertz CT molecular complexity index is 832. The van der Waals surface area contributed by atoms with E-state index in [-0.39, 0.29) is 16.3 Å². The first-order valence-corrected chi connectivity index (χ1v) is 7.32. The molecule has 0 aliphatic carbocycles. The van der Waals surface area contributed by atoms with Crippen LogP contribution in [0.1, 0.15) is 5.56 Å². The van der Waals surface area contributed by atoms with Crippen molar-refractivity contribution in [3.8, 4) is 5.75 Å². The third-order valence-corrected chi connectivity index (χ3v) is 4.00. The molecule has 1 aliphatic rings. The topological polar surface area (TPSA) is 69.6 Å². The molecule has 3 rings (SSSR count). The van der Waals surface area contributed by atoms with Gasteiger partial charge in [-0.3, -0.25) is 15.0 Å². The molecule has 1 fully saturated rings. The lowest BCUT2D eigenvalue weighted by atomic mass is 10.1. The standard InChI is InChI=1S/C16H10Cl2N2O3/c17-13-6-3-10(8-14(13)18)20-16(23)12(15(22)19-20)7-9-1-4-11(21)5-2-9/h1-8,21H,(H,19,22)/b12-7-. The van der Waals surface area contributed by atoms with Crippen LogP contribution in [0.5, 0.6) is 5.75 Å². The highest BCUT2D eigenvalue weighted by Gasteiger charge is 2.34. The number of nitrogens with one attached hydrogen (secondary N) is 1. The van der Waals surface area contributed by atoms with E-state index in [0.29, 0.717) is 16.3 Å². The number of carbonyl (C=O) groups excluding carboxylic acids is 2. The van der Waals surface area contributed by atoms with Gasteiger partial charge in [0.1, 0.15) is 11.3 Å². The molecule has 0 saturated carbocycles. The number of anilines is 1. The highest BCUT2D eigenvalue weighted by Crippen LogP contribution is 2.29. The predicted octanol–water partition coefficient (Wildman–Crippen LogP) is 3.16. The minimum absolute atomic E-state index is 0.0123. The van der Waals surface area contributed by atoms with Crippen LogP contribution in [0.4, 0.5) is 5.69 Å². The number of benzene rings is 2. The summed E-state index contributed by atoms with van der Waals surface area (Å²) in [5.41, 5.74) is 3.49. The van der Waals surface area contributed by atoms with E-state index in [1.54, 1.807) is 24.3 Å². The van der Waals surface area contributed by atoms with Crippen molar-refractivity contribution in [3.63, 3.8) is 0 Å². The van der Waals surface area contributed by atoms with E-state index in [0.717, 1.165) is 5.01 Å². The highest BCUT2D eigenvalue weighted by atomic mass is 35.5. The number of nitrogens with zero attached hydrogens (tertiary/aromatic N) is 1. The first-order chi connectivity index (χ1) is 11.0. The number of aromatic hydroxyl groups is 1. The Balaban J connectivity index is 1.93. The molecule has 1 saturated heterocycles.